The number of aliphatic hydroxyl groups excluding tert-OH is 1. The second-order valence-corrected chi connectivity index (χ2v) is 6.57. The van der Waals surface area contributed by atoms with Gasteiger partial charge >= 0.3 is 0 Å². The normalized spacial score (nSPS) is 19.9. The maximum absolute atomic E-state index is 13.1. The minimum atomic E-state index is -0.686. The average Bonchev–Trinajstić information content (AvgIpc) is 3.23. The molecule has 1 N–H and O–H groups in total. The second kappa shape index (κ2) is 7.24. The summed E-state index contributed by atoms with van der Waals surface area (Å²) in [6, 6.07) is 13.2. The summed E-state index contributed by atoms with van der Waals surface area (Å²) in [5, 5.41) is 21.5. The quantitative estimate of drug-likeness (QED) is 0.763. The number of hydrogen-bond donors (Lipinski definition) is 1. The highest BCUT2D eigenvalue weighted by Gasteiger charge is 2.31. The highest BCUT2D eigenvalue weighted by Crippen LogP contribution is 2.29. The number of halogens is 1. The molecule has 0 spiro atoms. The monoisotopic (exact) mass is 367 g/mol. The van der Waals surface area contributed by atoms with Crippen molar-refractivity contribution in [1.29, 1.82) is 0 Å². The fourth-order valence-corrected chi connectivity index (χ4v) is 3.43. The van der Waals surface area contributed by atoms with E-state index in [4.69, 9.17) is 0 Å². The highest BCUT2D eigenvalue weighted by molar-refractivity contribution is 5.94. The summed E-state index contributed by atoms with van der Waals surface area (Å²) in [6.45, 7) is 0.780. The largest absolute Gasteiger partial charge is 0.391 e. The van der Waals surface area contributed by atoms with Crippen LogP contribution in [0.3, 0.4) is 0 Å². The molecule has 0 saturated carbocycles. The van der Waals surface area contributed by atoms with Crippen molar-refractivity contribution in [2.75, 3.05) is 13.1 Å². The number of nitrogens with zero attached hydrogens (tertiary/aromatic N) is 5. The van der Waals surface area contributed by atoms with Gasteiger partial charge in [0.25, 0.3) is 5.91 Å². The lowest BCUT2D eigenvalue weighted by atomic mass is 9.87. The van der Waals surface area contributed by atoms with Crippen LogP contribution in [0.1, 0.15) is 28.3 Å². The summed E-state index contributed by atoms with van der Waals surface area (Å²) in [5.74, 6) is -0.530. The number of carbonyl (C=O) groups is 1. The average molecular weight is 367 g/mol. The Morgan fingerprint density at radius 1 is 1.11 bits per heavy atom. The van der Waals surface area contributed by atoms with E-state index in [-0.39, 0.29) is 24.2 Å². The van der Waals surface area contributed by atoms with Crippen molar-refractivity contribution in [3.8, 4) is 5.69 Å². The Bertz CT molecular complexity index is 912. The van der Waals surface area contributed by atoms with Crippen LogP contribution in [0.4, 0.5) is 4.39 Å². The van der Waals surface area contributed by atoms with Crippen molar-refractivity contribution in [3.63, 3.8) is 0 Å². The molecular weight excluding hydrogens is 349 g/mol. The van der Waals surface area contributed by atoms with Gasteiger partial charge in [-0.15, -0.1) is 5.10 Å². The van der Waals surface area contributed by atoms with Crippen molar-refractivity contribution in [2.24, 2.45) is 0 Å². The lowest BCUT2D eigenvalue weighted by Crippen LogP contribution is -2.45. The molecule has 138 valence electrons. The summed E-state index contributed by atoms with van der Waals surface area (Å²) in [4.78, 5) is 14.4. The molecule has 27 heavy (non-hydrogen) atoms. The van der Waals surface area contributed by atoms with Crippen molar-refractivity contribution >= 4 is 5.91 Å². The van der Waals surface area contributed by atoms with E-state index in [2.05, 4.69) is 15.5 Å². The van der Waals surface area contributed by atoms with Gasteiger partial charge in [-0.25, -0.2) is 9.07 Å². The molecule has 1 saturated heterocycles. The third-order valence-electron chi connectivity index (χ3n) is 4.90. The maximum atomic E-state index is 13.1. The van der Waals surface area contributed by atoms with E-state index in [1.165, 1.54) is 23.1 Å². The first-order valence-corrected chi connectivity index (χ1v) is 8.68. The zero-order valence-electron chi connectivity index (χ0n) is 14.4. The lowest BCUT2D eigenvalue weighted by molar-refractivity contribution is 0.0382. The van der Waals surface area contributed by atoms with Crippen LogP contribution in [-0.2, 0) is 0 Å². The summed E-state index contributed by atoms with van der Waals surface area (Å²) >= 11 is 0. The van der Waals surface area contributed by atoms with Gasteiger partial charge in [-0.05, 0) is 58.8 Å². The van der Waals surface area contributed by atoms with Gasteiger partial charge in [0.15, 0.2) is 0 Å². The number of amides is 1. The van der Waals surface area contributed by atoms with E-state index in [0.29, 0.717) is 18.5 Å². The molecule has 1 fully saturated rings. The Morgan fingerprint density at radius 2 is 1.85 bits per heavy atom. The second-order valence-electron chi connectivity index (χ2n) is 6.57. The molecule has 0 aliphatic carbocycles. The van der Waals surface area contributed by atoms with Gasteiger partial charge in [-0.3, -0.25) is 4.79 Å². The maximum Gasteiger partial charge on any atom is 0.253 e. The topological polar surface area (TPSA) is 84.1 Å². The SMILES string of the molecule is O=C(c1ccc(-n2cnnn2)cc1)N1CC[C@@H](c2ccc(F)cc2)[C@H](O)C1. The predicted octanol–water partition coefficient (Wildman–Crippen LogP) is 1.79. The van der Waals surface area contributed by atoms with Crippen molar-refractivity contribution in [3.05, 3.63) is 71.8 Å². The molecule has 8 heteroatoms. The van der Waals surface area contributed by atoms with Crippen LogP contribution in [-0.4, -0.2) is 55.3 Å². The summed E-state index contributed by atoms with van der Waals surface area (Å²) < 4.78 is 14.6. The Morgan fingerprint density at radius 3 is 2.48 bits per heavy atom. The minimum absolute atomic E-state index is 0.100. The van der Waals surface area contributed by atoms with E-state index in [0.717, 1.165) is 11.3 Å². The molecule has 2 heterocycles. The molecule has 0 radical (unpaired) electrons. The molecule has 3 aromatic rings. The van der Waals surface area contributed by atoms with Crippen molar-refractivity contribution in [2.45, 2.75) is 18.4 Å². The number of aliphatic hydroxyl groups is 1. The predicted molar refractivity (Wildman–Crippen MR) is 94.8 cm³/mol. The van der Waals surface area contributed by atoms with Gasteiger partial charge in [0, 0.05) is 24.6 Å². The standard InChI is InChI=1S/C19H18FN5O2/c20-15-5-1-13(2-6-15)17-9-10-24(11-18(17)26)19(27)14-3-7-16(8-4-14)25-12-21-22-23-25/h1-8,12,17-18,26H,9-11H2/t17-,18+/m0/s1. The number of carbonyl (C=O) groups excluding carboxylic acids is 1. The number of likely N-dealkylation sites (tertiary alicyclic amines) is 1. The number of aromatic nitrogens is 4. The van der Waals surface area contributed by atoms with Gasteiger partial charge in [0.05, 0.1) is 11.8 Å². The van der Waals surface area contributed by atoms with E-state index in [1.54, 1.807) is 41.3 Å². The summed E-state index contributed by atoms with van der Waals surface area (Å²) in [7, 11) is 0. The van der Waals surface area contributed by atoms with Crippen molar-refractivity contribution in [1.82, 2.24) is 25.1 Å². The van der Waals surface area contributed by atoms with Crippen molar-refractivity contribution < 1.29 is 14.3 Å². The molecule has 1 aliphatic rings. The van der Waals surface area contributed by atoms with Crippen LogP contribution in [0.15, 0.2) is 54.9 Å². The first-order valence-electron chi connectivity index (χ1n) is 8.68. The first-order chi connectivity index (χ1) is 13.1. The molecule has 2 aromatic carbocycles. The Balaban J connectivity index is 1.44. The molecule has 4 rings (SSSR count). The van der Waals surface area contributed by atoms with Crippen LogP contribution in [0, 0.1) is 5.82 Å². The number of benzene rings is 2. The molecule has 2 atom stereocenters. The molecule has 1 amide bonds. The Labute approximate surface area is 155 Å². The molecule has 0 unspecified atom stereocenters. The van der Waals surface area contributed by atoms with E-state index >= 15 is 0 Å². The number of hydrogen-bond acceptors (Lipinski definition) is 5. The zero-order valence-corrected chi connectivity index (χ0v) is 14.4. The molecule has 1 aromatic heterocycles. The summed E-state index contributed by atoms with van der Waals surface area (Å²) in [6.07, 6.45) is 1.42. The third-order valence-corrected chi connectivity index (χ3v) is 4.90. The number of piperidine rings is 1. The van der Waals surface area contributed by atoms with Gasteiger partial charge in [0.1, 0.15) is 12.1 Å². The zero-order chi connectivity index (χ0) is 18.8. The first kappa shape index (κ1) is 17.3. The van der Waals surface area contributed by atoms with Gasteiger partial charge < -0.3 is 10.0 Å². The minimum Gasteiger partial charge on any atom is -0.391 e. The fraction of sp³-hybridized carbons (Fsp3) is 0.263. The van der Waals surface area contributed by atoms with E-state index in [9.17, 15) is 14.3 Å². The number of tetrazole rings is 1. The van der Waals surface area contributed by atoms with Gasteiger partial charge in [-0.1, -0.05) is 12.1 Å². The smallest absolute Gasteiger partial charge is 0.253 e. The lowest BCUT2D eigenvalue weighted by Gasteiger charge is -2.36. The highest BCUT2D eigenvalue weighted by atomic mass is 19.1. The Kier molecular flexibility index (Phi) is 4.64. The van der Waals surface area contributed by atoms with Crippen LogP contribution in [0.5, 0.6) is 0 Å². The molecule has 1 aliphatic heterocycles. The fourth-order valence-electron chi connectivity index (χ4n) is 3.43. The number of rotatable bonds is 3. The third kappa shape index (κ3) is 3.56. The summed E-state index contributed by atoms with van der Waals surface area (Å²) in [5.41, 5.74) is 2.19. The van der Waals surface area contributed by atoms with Crippen LogP contribution < -0.4 is 0 Å². The van der Waals surface area contributed by atoms with E-state index < -0.39 is 6.10 Å². The van der Waals surface area contributed by atoms with Gasteiger partial charge in [-0.2, -0.15) is 0 Å². The van der Waals surface area contributed by atoms with E-state index in [1.807, 2.05) is 0 Å². The van der Waals surface area contributed by atoms with Crippen LogP contribution in [0.2, 0.25) is 0 Å². The van der Waals surface area contributed by atoms with Crippen LogP contribution >= 0.6 is 0 Å². The molecule has 7 nitrogen and oxygen atoms in total. The molecular formula is C19H18FN5O2. The Hall–Kier alpha value is -3.13. The number of β-amino-alcohol motifs (C(OH)–C–C–N with tert-alkyl or cyclic N) is 1. The van der Waals surface area contributed by atoms with Gasteiger partial charge in [0.2, 0.25) is 0 Å². The van der Waals surface area contributed by atoms with Crippen LogP contribution in [0.25, 0.3) is 5.69 Å². The molecule has 0 bridgehead atoms.